The number of hydrogen-bond acceptors (Lipinski definition) is 3. The predicted molar refractivity (Wildman–Crippen MR) is 77.8 cm³/mol. The second kappa shape index (κ2) is 7.29. The molecule has 2 aromatic rings. The van der Waals surface area contributed by atoms with E-state index in [0.29, 0.717) is 0 Å². The fraction of sp³-hybridized carbons (Fsp3) is 0.333. The Labute approximate surface area is 113 Å². The number of thioether (sulfide) groups is 1. The lowest BCUT2D eigenvalue weighted by Crippen LogP contribution is -2.16. The molecule has 1 aromatic heterocycles. The van der Waals surface area contributed by atoms with E-state index in [-0.39, 0.29) is 0 Å². The largest absolute Gasteiger partial charge is 0.472 e. The molecular weight excluding hydrogens is 242 g/mol. The van der Waals surface area contributed by atoms with E-state index in [1.807, 2.05) is 17.8 Å². The number of aryl methyl sites for hydroxylation is 1. The molecule has 18 heavy (non-hydrogen) atoms. The van der Waals surface area contributed by atoms with Gasteiger partial charge in [-0.15, -0.1) is 0 Å². The van der Waals surface area contributed by atoms with E-state index in [4.69, 9.17) is 4.42 Å². The molecule has 0 saturated heterocycles. The van der Waals surface area contributed by atoms with E-state index >= 15 is 0 Å². The molecule has 0 aliphatic heterocycles. The number of benzene rings is 1. The average Bonchev–Trinajstić information content (AvgIpc) is 2.87. The molecule has 3 heteroatoms. The van der Waals surface area contributed by atoms with Crippen molar-refractivity contribution in [2.75, 3.05) is 12.3 Å². The van der Waals surface area contributed by atoms with Crippen LogP contribution in [0.25, 0.3) is 0 Å². The van der Waals surface area contributed by atoms with Gasteiger partial charge in [0.15, 0.2) is 0 Å². The van der Waals surface area contributed by atoms with Gasteiger partial charge in [-0.2, -0.15) is 11.8 Å². The van der Waals surface area contributed by atoms with Gasteiger partial charge in [0.05, 0.1) is 12.5 Å². The molecule has 2 rings (SSSR count). The van der Waals surface area contributed by atoms with Crippen molar-refractivity contribution in [2.24, 2.45) is 0 Å². The van der Waals surface area contributed by atoms with Crippen LogP contribution >= 0.6 is 11.8 Å². The molecule has 0 atom stereocenters. The van der Waals surface area contributed by atoms with Gasteiger partial charge in [0.25, 0.3) is 0 Å². The van der Waals surface area contributed by atoms with Crippen molar-refractivity contribution in [3.05, 3.63) is 59.5 Å². The lowest BCUT2D eigenvalue weighted by atomic mass is 10.2. The van der Waals surface area contributed by atoms with Crippen molar-refractivity contribution in [3.63, 3.8) is 0 Å². The summed E-state index contributed by atoms with van der Waals surface area (Å²) in [5.74, 6) is 2.22. The predicted octanol–water partition coefficient (Wildman–Crippen LogP) is 3.61. The smallest absolute Gasteiger partial charge is 0.0947 e. The number of rotatable bonds is 7. The molecule has 1 aromatic carbocycles. The summed E-state index contributed by atoms with van der Waals surface area (Å²) in [7, 11) is 0. The molecule has 0 saturated carbocycles. The van der Waals surface area contributed by atoms with Gasteiger partial charge in [-0.25, -0.2) is 0 Å². The van der Waals surface area contributed by atoms with Crippen LogP contribution in [0.5, 0.6) is 0 Å². The molecule has 1 heterocycles. The maximum Gasteiger partial charge on any atom is 0.0947 e. The molecule has 0 fully saturated rings. The van der Waals surface area contributed by atoms with Crippen molar-refractivity contribution >= 4 is 11.8 Å². The topological polar surface area (TPSA) is 25.2 Å². The van der Waals surface area contributed by atoms with Crippen molar-refractivity contribution in [3.8, 4) is 0 Å². The monoisotopic (exact) mass is 261 g/mol. The Kier molecular flexibility index (Phi) is 5.36. The van der Waals surface area contributed by atoms with E-state index in [1.54, 1.807) is 12.5 Å². The Balaban J connectivity index is 1.56. The highest BCUT2D eigenvalue weighted by Gasteiger charge is 1.95. The van der Waals surface area contributed by atoms with Gasteiger partial charge in [0, 0.05) is 30.2 Å². The first-order chi connectivity index (χ1) is 8.84. The van der Waals surface area contributed by atoms with Crippen LogP contribution in [0.3, 0.4) is 0 Å². The van der Waals surface area contributed by atoms with E-state index < -0.39 is 0 Å². The Morgan fingerprint density at radius 3 is 2.94 bits per heavy atom. The molecule has 0 aliphatic carbocycles. The summed E-state index contributed by atoms with van der Waals surface area (Å²) < 4.78 is 5.02. The lowest BCUT2D eigenvalue weighted by molar-refractivity contribution is 0.561. The minimum absolute atomic E-state index is 0.890. The van der Waals surface area contributed by atoms with E-state index in [0.717, 1.165) is 24.6 Å². The molecule has 96 valence electrons. The first-order valence-corrected chi connectivity index (χ1v) is 7.35. The van der Waals surface area contributed by atoms with Gasteiger partial charge in [-0.1, -0.05) is 29.8 Å². The van der Waals surface area contributed by atoms with Crippen LogP contribution in [-0.4, -0.2) is 12.3 Å². The van der Waals surface area contributed by atoms with Crippen LogP contribution in [0.2, 0.25) is 0 Å². The lowest BCUT2D eigenvalue weighted by Gasteiger charge is -2.04. The van der Waals surface area contributed by atoms with Gasteiger partial charge in [0.2, 0.25) is 0 Å². The number of furan rings is 1. The summed E-state index contributed by atoms with van der Waals surface area (Å²) >= 11 is 1.97. The second-order valence-corrected chi connectivity index (χ2v) is 5.46. The summed E-state index contributed by atoms with van der Waals surface area (Å²) in [6, 6.07) is 10.7. The van der Waals surface area contributed by atoms with E-state index in [9.17, 15) is 0 Å². The zero-order valence-corrected chi connectivity index (χ0v) is 11.5. The van der Waals surface area contributed by atoms with Gasteiger partial charge >= 0.3 is 0 Å². The highest BCUT2D eigenvalue weighted by Crippen LogP contribution is 2.12. The summed E-state index contributed by atoms with van der Waals surface area (Å²) in [5.41, 5.74) is 3.96. The van der Waals surface area contributed by atoms with Crippen LogP contribution in [-0.2, 0) is 12.3 Å². The average molecular weight is 261 g/mol. The van der Waals surface area contributed by atoms with Crippen molar-refractivity contribution in [1.82, 2.24) is 5.32 Å². The van der Waals surface area contributed by atoms with Gasteiger partial charge in [-0.3, -0.25) is 0 Å². The quantitative estimate of drug-likeness (QED) is 0.771. The zero-order chi connectivity index (χ0) is 12.6. The molecule has 0 radical (unpaired) electrons. The standard InChI is InChI=1S/C15H19NOS/c1-13-3-2-4-14(9-13)12-18-8-6-16-10-15-5-7-17-11-15/h2-5,7,9,11,16H,6,8,10,12H2,1H3. The SMILES string of the molecule is Cc1cccc(CSCCNCc2ccoc2)c1. The molecule has 0 spiro atoms. The van der Waals surface area contributed by atoms with Gasteiger partial charge in [0.1, 0.15) is 0 Å². The van der Waals surface area contributed by atoms with Gasteiger partial charge < -0.3 is 9.73 Å². The molecular formula is C15H19NOS. The van der Waals surface area contributed by atoms with Gasteiger partial charge in [-0.05, 0) is 18.6 Å². The van der Waals surface area contributed by atoms with Crippen LogP contribution in [0.1, 0.15) is 16.7 Å². The van der Waals surface area contributed by atoms with Crippen molar-refractivity contribution in [2.45, 2.75) is 19.2 Å². The summed E-state index contributed by atoms with van der Waals surface area (Å²) in [5, 5.41) is 3.40. The summed E-state index contributed by atoms with van der Waals surface area (Å²) in [6.45, 7) is 4.06. The normalized spacial score (nSPS) is 10.7. The highest BCUT2D eigenvalue weighted by molar-refractivity contribution is 7.98. The van der Waals surface area contributed by atoms with Crippen LogP contribution in [0.4, 0.5) is 0 Å². The molecule has 1 N–H and O–H groups in total. The first kappa shape index (κ1) is 13.2. The van der Waals surface area contributed by atoms with Crippen molar-refractivity contribution in [1.29, 1.82) is 0 Å². The Morgan fingerprint density at radius 1 is 1.22 bits per heavy atom. The second-order valence-electron chi connectivity index (χ2n) is 4.35. The molecule has 0 bridgehead atoms. The highest BCUT2D eigenvalue weighted by atomic mass is 32.2. The van der Waals surface area contributed by atoms with Crippen LogP contribution < -0.4 is 5.32 Å². The number of nitrogens with one attached hydrogen (secondary N) is 1. The van der Waals surface area contributed by atoms with Crippen LogP contribution in [0, 0.1) is 6.92 Å². The summed E-state index contributed by atoms with van der Waals surface area (Å²) in [4.78, 5) is 0. The summed E-state index contributed by atoms with van der Waals surface area (Å²) in [6.07, 6.45) is 3.50. The minimum atomic E-state index is 0.890. The molecule has 0 amide bonds. The molecule has 2 nitrogen and oxygen atoms in total. The minimum Gasteiger partial charge on any atom is -0.472 e. The third-order valence-corrected chi connectivity index (χ3v) is 3.71. The number of hydrogen-bond donors (Lipinski definition) is 1. The van der Waals surface area contributed by atoms with E-state index in [2.05, 4.69) is 36.5 Å². The zero-order valence-electron chi connectivity index (χ0n) is 10.7. The fourth-order valence-corrected chi connectivity index (χ4v) is 2.61. The molecule has 0 aliphatic rings. The maximum atomic E-state index is 5.02. The fourth-order valence-electron chi connectivity index (χ4n) is 1.76. The van der Waals surface area contributed by atoms with Crippen LogP contribution in [0.15, 0.2) is 47.3 Å². The Hall–Kier alpha value is -1.19. The first-order valence-electron chi connectivity index (χ1n) is 6.20. The van der Waals surface area contributed by atoms with E-state index in [1.165, 1.54) is 16.7 Å². The third kappa shape index (κ3) is 4.59. The van der Waals surface area contributed by atoms with Crippen molar-refractivity contribution < 1.29 is 4.42 Å². The third-order valence-electron chi connectivity index (χ3n) is 2.68. The Morgan fingerprint density at radius 2 is 2.17 bits per heavy atom. The Bertz CT molecular complexity index is 453. The molecule has 0 unspecified atom stereocenters. The maximum absolute atomic E-state index is 5.02.